The second-order valence-electron chi connectivity index (χ2n) is 7.44. The van der Waals surface area contributed by atoms with E-state index in [1.54, 1.807) is 30.6 Å². The van der Waals surface area contributed by atoms with Crippen molar-refractivity contribution in [3.8, 4) is 0 Å². The Kier molecular flexibility index (Phi) is 6.32. The highest BCUT2D eigenvalue weighted by molar-refractivity contribution is 7.99. The number of carbonyl (C=O) groups excluding carboxylic acids is 3. The van der Waals surface area contributed by atoms with E-state index in [1.807, 2.05) is 32.0 Å². The molecule has 0 radical (unpaired) electrons. The lowest BCUT2D eigenvalue weighted by Gasteiger charge is -2.12. The smallest absolute Gasteiger partial charge is 0.261 e. The van der Waals surface area contributed by atoms with Crippen molar-refractivity contribution in [1.29, 1.82) is 0 Å². The summed E-state index contributed by atoms with van der Waals surface area (Å²) in [7, 11) is 0. The molecule has 0 saturated heterocycles. The maximum atomic E-state index is 12.8. The number of aromatic nitrogens is 2. The molecule has 3 aromatic rings. The number of benzene rings is 2. The SMILES string of the molecule is CCCCN1C(=O)c2ccc(C(=O)Nc3ccc(Sc4ncccn4)cc3C)cc2C1=O. The van der Waals surface area contributed by atoms with Gasteiger partial charge in [0.05, 0.1) is 11.1 Å². The number of hydrogen-bond donors (Lipinski definition) is 1. The second-order valence-corrected chi connectivity index (χ2v) is 8.48. The summed E-state index contributed by atoms with van der Waals surface area (Å²) in [6, 6.07) is 12.1. The Hall–Kier alpha value is -3.52. The fourth-order valence-electron chi connectivity index (χ4n) is 3.43. The van der Waals surface area contributed by atoms with Gasteiger partial charge in [-0.2, -0.15) is 0 Å². The van der Waals surface area contributed by atoms with Crippen molar-refractivity contribution in [1.82, 2.24) is 14.9 Å². The van der Waals surface area contributed by atoms with Crippen LogP contribution in [0, 0.1) is 6.92 Å². The van der Waals surface area contributed by atoms with E-state index < -0.39 is 0 Å². The maximum absolute atomic E-state index is 12.8. The fraction of sp³-hybridized carbons (Fsp3) is 0.208. The molecule has 0 bridgehead atoms. The molecule has 0 aliphatic carbocycles. The van der Waals surface area contributed by atoms with Gasteiger partial charge in [-0.3, -0.25) is 19.3 Å². The van der Waals surface area contributed by atoms with Crippen molar-refractivity contribution in [2.24, 2.45) is 0 Å². The summed E-state index contributed by atoms with van der Waals surface area (Å²) in [4.78, 5) is 48.6. The van der Waals surface area contributed by atoms with Crippen LogP contribution in [0.3, 0.4) is 0 Å². The number of hydrogen-bond acceptors (Lipinski definition) is 6. The Labute approximate surface area is 190 Å². The number of carbonyl (C=O) groups is 3. The Balaban J connectivity index is 1.49. The van der Waals surface area contributed by atoms with Gasteiger partial charge in [0.1, 0.15) is 0 Å². The molecule has 0 unspecified atom stereocenters. The normalized spacial score (nSPS) is 12.8. The van der Waals surface area contributed by atoms with Gasteiger partial charge in [-0.1, -0.05) is 13.3 Å². The largest absolute Gasteiger partial charge is 0.322 e. The quantitative estimate of drug-likeness (QED) is 0.422. The molecule has 0 fully saturated rings. The van der Waals surface area contributed by atoms with Crippen molar-refractivity contribution in [2.75, 3.05) is 11.9 Å². The van der Waals surface area contributed by atoms with E-state index in [4.69, 9.17) is 0 Å². The van der Waals surface area contributed by atoms with E-state index >= 15 is 0 Å². The predicted molar refractivity (Wildman–Crippen MR) is 122 cm³/mol. The second kappa shape index (κ2) is 9.32. The van der Waals surface area contributed by atoms with Crippen LogP contribution in [0.2, 0.25) is 0 Å². The first-order chi connectivity index (χ1) is 15.5. The molecule has 1 aromatic heterocycles. The minimum Gasteiger partial charge on any atom is -0.322 e. The van der Waals surface area contributed by atoms with Crippen LogP contribution in [-0.4, -0.2) is 39.1 Å². The zero-order valence-corrected chi connectivity index (χ0v) is 18.6. The first-order valence-electron chi connectivity index (χ1n) is 10.3. The number of nitrogens with one attached hydrogen (secondary N) is 1. The van der Waals surface area contributed by atoms with Gasteiger partial charge in [0.25, 0.3) is 17.7 Å². The molecular weight excluding hydrogens is 424 g/mol. The summed E-state index contributed by atoms with van der Waals surface area (Å²) in [6.45, 7) is 4.30. The standard InChI is InChI=1S/C24H22N4O3S/c1-3-4-12-28-22(30)18-8-6-16(14-19(18)23(28)31)21(29)27-20-9-7-17(13-15(20)2)32-24-25-10-5-11-26-24/h5-11,13-14H,3-4,12H2,1-2H3,(H,27,29). The van der Waals surface area contributed by atoms with E-state index in [1.165, 1.54) is 22.7 Å². The average Bonchev–Trinajstić information content (AvgIpc) is 3.04. The third-order valence-corrected chi connectivity index (χ3v) is 6.05. The molecule has 4 rings (SSSR count). The number of rotatable bonds is 7. The third kappa shape index (κ3) is 4.40. The summed E-state index contributed by atoms with van der Waals surface area (Å²) >= 11 is 1.44. The number of amides is 3. The van der Waals surface area contributed by atoms with Gasteiger partial charge in [0.2, 0.25) is 0 Å². The summed E-state index contributed by atoms with van der Waals surface area (Å²) in [5.74, 6) is -0.972. The topological polar surface area (TPSA) is 92.3 Å². The zero-order chi connectivity index (χ0) is 22.7. The van der Waals surface area contributed by atoms with Crippen LogP contribution in [0.5, 0.6) is 0 Å². The van der Waals surface area contributed by atoms with Crippen molar-refractivity contribution in [3.05, 3.63) is 77.1 Å². The molecule has 2 aromatic carbocycles. The maximum Gasteiger partial charge on any atom is 0.261 e. The Morgan fingerprint density at radius 1 is 1.03 bits per heavy atom. The molecule has 1 N–H and O–H groups in total. The molecule has 2 heterocycles. The molecule has 3 amide bonds. The van der Waals surface area contributed by atoms with E-state index in [2.05, 4.69) is 15.3 Å². The van der Waals surface area contributed by atoms with Crippen LogP contribution in [0.15, 0.2) is 64.9 Å². The van der Waals surface area contributed by atoms with Crippen molar-refractivity contribution >= 4 is 35.2 Å². The highest BCUT2D eigenvalue weighted by Gasteiger charge is 2.35. The molecule has 1 aliphatic heterocycles. The minimum absolute atomic E-state index is 0.282. The van der Waals surface area contributed by atoms with Crippen LogP contribution in [0.1, 0.15) is 56.4 Å². The number of imide groups is 1. The molecule has 1 aliphatic rings. The van der Waals surface area contributed by atoms with E-state index in [0.717, 1.165) is 23.3 Å². The monoisotopic (exact) mass is 446 g/mol. The molecule has 0 atom stereocenters. The van der Waals surface area contributed by atoms with E-state index in [9.17, 15) is 14.4 Å². The van der Waals surface area contributed by atoms with Crippen LogP contribution >= 0.6 is 11.8 Å². The molecular formula is C24H22N4O3S. The summed E-state index contributed by atoms with van der Waals surface area (Å²) in [5.41, 5.74) is 2.52. The molecule has 32 heavy (non-hydrogen) atoms. The van der Waals surface area contributed by atoms with Crippen molar-refractivity contribution < 1.29 is 14.4 Å². The number of nitrogens with zero attached hydrogens (tertiary/aromatic N) is 3. The Bertz CT molecular complexity index is 1200. The average molecular weight is 447 g/mol. The Morgan fingerprint density at radius 2 is 1.78 bits per heavy atom. The van der Waals surface area contributed by atoms with Gasteiger partial charge in [0.15, 0.2) is 5.16 Å². The number of aryl methyl sites for hydroxylation is 1. The summed E-state index contributed by atoms with van der Waals surface area (Å²) in [6.07, 6.45) is 5.02. The van der Waals surface area contributed by atoms with Crippen LogP contribution in [0.25, 0.3) is 0 Å². The van der Waals surface area contributed by atoms with Crippen molar-refractivity contribution in [2.45, 2.75) is 36.7 Å². The van der Waals surface area contributed by atoms with E-state index in [-0.39, 0.29) is 23.3 Å². The third-order valence-electron chi connectivity index (χ3n) is 5.17. The lowest BCUT2D eigenvalue weighted by Crippen LogP contribution is -2.30. The van der Waals surface area contributed by atoms with Gasteiger partial charge >= 0.3 is 0 Å². The number of unbranched alkanes of at least 4 members (excludes halogenated alkanes) is 1. The molecule has 0 saturated carbocycles. The summed E-state index contributed by atoms with van der Waals surface area (Å²) < 4.78 is 0. The van der Waals surface area contributed by atoms with Crippen LogP contribution < -0.4 is 5.32 Å². The lowest BCUT2D eigenvalue weighted by atomic mass is 10.0. The fourth-order valence-corrected chi connectivity index (χ4v) is 4.24. The van der Waals surface area contributed by atoms with Gasteiger partial charge in [0, 0.05) is 35.1 Å². The van der Waals surface area contributed by atoms with Gasteiger partial charge < -0.3 is 5.32 Å². The van der Waals surface area contributed by atoms with Gasteiger partial charge in [-0.15, -0.1) is 0 Å². The van der Waals surface area contributed by atoms with E-state index in [0.29, 0.717) is 28.5 Å². The zero-order valence-electron chi connectivity index (χ0n) is 17.8. The lowest BCUT2D eigenvalue weighted by molar-refractivity contribution is 0.0652. The number of anilines is 1. The van der Waals surface area contributed by atoms with Gasteiger partial charge in [-0.25, -0.2) is 9.97 Å². The van der Waals surface area contributed by atoms with Gasteiger partial charge in [-0.05, 0) is 73.1 Å². The first-order valence-corrected chi connectivity index (χ1v) is 11.2. The molecule has 8 heteroatoms. The molecule has 7 nitrogen and oxygen atoms in total. The highest BCUT2D eigenvalue weighted by Crippen LogP contribution is 2.29. The minimum atomic E-state index is -0.339. The highest BCUT2D eigenvalue weighted by atomic mass is 32.2. The predicted octanol–water partition coefficient (Wildman–Crippen LogP) is 4.58. The van der Waals surface area contributed by atoms with Crippen LogP contribution in [0.4, 0.5) is 5.69 Å². The summed E-state index contributed by atoms with van der Waals surface area (Å²) in [5, 5.41) is 3.54. The Morgan fingerprint density at radius 3 is 2.50 bits per heavy atom. The van der Waals surface area contributed by atoms with Crippen LogP contribution in [-0.2, 0) is 0 Å². The molecule has 162 valence electrons. The molecule has 0 spiro atoms. The first kappa shape index (κ1) is 21.7. The number of fused-ring (bicyclic) bond motifs is 1. The van der Waals surface area contributed by atoms with Crippen molar-refractivity contribution in [3.63, 3.8) is 0 Å².